The highest BCUT2D eigenvalue weighted by molar-refractivity contribution is 5.74. The van der Waals surface area contributed by atoms with E-state index in [-0.39, 0.29) is 11.9 Å². The maximum atomic E-state index is 11.7. The van der Waals surface area contributed by atoms with Gasteiger partial charge in [-0.05, 0) is 25.0 Å². The van der Waals surface area contributed by atoms with Crippen LogP contribution in [0.3, 0.4) is 0 Å². The Kier molecular flexibility index (Phi) is 5.34. The molecule has 1 rings (SSSR count). The maximum absolute atomic E-state index is 11.7. The van der Waals surface area contributed by atoms with Crippen LogP contribution in [-0.2, 0) is 4.79 Å². The summed E-state index contributed by atoms with van der Waals surface area (Å²) in [6.07, 6.45) is 5.82. The van der Waals surface area contributed by atoms with E-state index in [0.29, 0.717) is 5.75 Å². The lowest BCUT2D eigenvalue weighted by Gasteiger charge is -2.08. The van der Waals surface area contributed by atoms with Crippen molar-refractivity contribution in [3.05, 3.63) is 42.5 Å². The van der Waals surface area contributed by atoms with Crippen LogP contribution in [0.2, 0.25) is 0 Å². The molecule has 0 saturated heterocycles. The van der Waals surface area contributed by atoms with E-state index in [2.05, 4.69) is 13.0 Å². The van der Waals surface area contributed by atoms with Gasteiger partial charge in [-0.1, -0.05) is 44.2 Å². The van der Waals surface area contributed by atoms with Crippen molar-refractivity contribution in [2.75, 3.05) is 0 Å². The standard InChI is InChI=1S/C14H18O2/c1-3-4-6-9-12(2)14(15)16-13-10-7-5-8-11-13/h4-8,10-12H,3,9H2,1-2H3/b6-4+/t12-/m0/s1. The number of rotatable bonds is 5. The van der Waals surface area contributed by atoms with Gasteiger partial charge in [-0.15, -0.1) is 0 Å². The van der Waals surface area contributed by atoms with Gasteiger partial charge in [-0.25, -0.2) is 0 Å². The minimum absolute atomic E-state index is 0.0944. The van der Waals surface area contributed by atoms with Gasteiger partial charge in [0.15, 0.2) is 0 Å². The first-order valence-electron chi connectivity index (χ1n) is 5.65. The summed E-state index contributed by atoms with van der Waals surface area (Å²) in [5.41, 5.74) is 0. The van der Waals surface area contributed by atoms with Gasteiger partial charge in [-0.2, -0.15) is 0 Å². The molecule has 1 aromatic carbocycles. The molecule has 0 bridgehead atoms. The lowest BCUT2D eigenvalue weighted by molar-refractivity contribution is -0.138. The number of hydrogen-bond acceptors (Lipinski definition) is 2. The van der Waals surface area contributed by atoms with E-state index in [0.717, 1.165) is 12.8 Å². The molecule has 0 fully saturated rings. The minimum Gasteiger partial charge on any atom is -0.426 e. The predicted molar refractivity (Wildman–Crippen MR) is 65.3 cm³/mol. The van der Waals surface area contributed by atoms with Gasteiger partial charge in [0.1, 0.15) is 5.75 Å². The van der Waals surface area contributed by atoms with Gasteiger partial charge >= 0.3 is 5.97 Å². The van der Waals surface area contributed by atoms with Crippen molar-refractivity contribution in [3.63, 3.8) is 0 Å². The molecule has 86 valence electrons. The molecule has 0 aliphatic carbocycles. The lowest BCUT2D eigenvalue weighted by atomic mass is 10.1. The Morgan fingerprint density at radius 2 is 2.00 bits per heavy atom. The lowest BCUT2D eigenvalue weighted by Crippen LogP contribution is -2.17. The Bertz CT molecular complexity index is 341. The molecule has 0 radical (unpaired) electrons. The number of carbonyl (C=O) groups is 1. The zero-order valence-corrected chi connectivity index (χ0v) is 9.85. The molecule has 0 N–H and O–H groups in total. The number of allylic oxidation sites excluding steroid dienone is 2. The van der Waals surface area contributed by atoms with Gasteiger partial charge in [0, 0.05) is 0 Å². The molecular formula is C14H18O2. The van der Waals surface area contributed by atoms with E-state index in [1.807, 2.05) is 31.2 Å². The molecule has 2 heteroatoms. The van der Waals surface area contributed by atoms with Crippen molar-refractivity contribution < 1.29 is 9.53 Å². The van der Waals surface area contributed by atoms with Crippen molar-refractivity contribution in [3.8, 4) is 5.75 Å². The Balaban J connectivity index is 2.43. The fraction of sp³-hybridized carbons (Fsp3) is 0.357. The number of hydrogen-bond donors (Lipinski definition) is 0. The second-order valence-corrected chi connectivity index (χ2v) is 3.75. The Morgan fingerprint density at radius 3 is 2.62 bits per heavy atom. The Hall–Kier alpha value is -1.57. The third kappa shape index (κ3) is 4.30. The van der Waals surface area contributed by atoms with Crippen LogP contribution in [0.25, 0.3) is 0 Å². The first-order chi connectivity index (χ1) is 7.74. The fourth-order valence-electron chi connectivity index (χ4n) is 1.27. The van der Waals surface area contributed by atoms with Crippen LogP contribution in [0.4, 0.5) is 0 Å². The minimum atomic E-state index is -0.174. The number of ether oxygens (including phenoxy) is 1. The van der Waals surface area contributed by atoms with Crippen LogP contribution in [0.15, 0.2) is 42.5 Å². The summed E-state index contributed by atoms with van der Waals surface area (Å²) in [5.74, 6) is 0.341. The monoisotopic (exact) mass is 218 g/mol. The number of para-hydroxylation sites is 1. The summed E-state index contributed by atoms with van der Waals surface area (Å²) in [6.45, 7) is 3.95. The normalized spacial score (nSPS) is 12.6. The predicted octanol–water partition coefficient (Wildman–Crippen LogP) is 3.58. The van der Waals surface area contributed by atoms with Crippen LogP contribution < -0.4 is 4.74 Å². The first-order valence-corrected chi connectivity index (χ1v) is 5.65. The Labute approximate surface area is 96.9 Å². The van der Waals surface area contributed by atoms with Gasteiger partial charge < -0.3 is 4.74 Å². The molecule has 0 heterocycles. The van der Waals surface area contributed by atoms with E-state index >= 15 is 0 Å². The third-order valence-corrected chi connectivity index (χ3v) is 2.26. The number of esters is 1. The zero-order valence-electron chi connectivity index (χ0n) is 9.85. The summed E-state index contributed by atoms with van der Waals surface area (Å²) in [6, 6.07) is 9.16. The molecule has 1 atom stereocenters. The average molecular weight is 218 g/mol. The van der Waals surface area contributed by atoms with Gasteiger partial charge in [0.25, 0.3) is 0 Å². The molecular weight excluding hydrogens is 200 g/mol. The van der Waals surface area contributed by atoms with Crippen LogP contribution in [0.5, 0.6) is 5.75 Å². The summed E-state index contributed by atoms with van der Waals surface area (Å²) < 4.78 is 5.23. The van der Waals surface area contributed by atoms with Crippen LogP contribution in [-0.4, -0.2) is 5.97 Å². The fourth-order valence-corrected chi connectivity index (χ4v) is 1.27. The van der Waals surface area contributed by atoms with E-state index in [1.54, 1.807) is 12.1 Å². The maximum Gasteiger partial charge on any atom is 0.314 e. The van der Waals surface area contributed by atoms with Gasteiger partial charge in [0.2, 0.25) is 0 Å². The molecule has 1 aromatic rings. The highest BCUT2D eigenvalue weighted by atomic mass is 16.5. The molecule has 0 unspecified atom stereocenters. The smallest absolute Gasteiger partial charge is 0.314 e. The van der Waals surface area contributed by atoms with Crippen LogP contribution >= 0.6 is 0 Å². The summed E-state index contributed by atoms with van der Waals surface area (Å²) in [5, 5.41) is 0. The largest absolute Gasteiger partial charge is 0.426 e. The SMILES string of the molecule is CC/C=C/C[C@H](C)C(=O)Oc1ccccc1. The van der Waals surface area contributed by atoms with Gasteiger partial charge in [0.05, 0.1) is 5.92 Å². The van der Waals surface area contributed by atoms with Crippen molar-refractivity contribution in [1.29, 1.82) is 0 Å². The molecule has 16 heavy (non-hydrogen) atoms. The highest BCUT2D eigenvalue weighted by Gasteiger charge is 2.13. The van der Waals surface area contributed by atoms with Crippen LogP contribution in [0, 0.1) is 5.92 Å². The van der Waals surface area contributed by atoms with Gasteiger partial charge in [-0.3, -0.25) is 4.79 Å². The quantitative estimate of drug-likeness (QED) is 0.429. The number of carbonyl (C=O) groups excluding carboxylic acids is 1. The van der Waals surface area contributed by atoms with Crippen LogP contribution in [0.1, 0.15) is 26.7 Å². The molecule has 0 aromatic heterocycles. The second kappa shape index (κ2) is 6.83. The first kappa shape index (κ1) is 12.5. The van der Waals surface area contributed by atoms with Crippen molar-refractivity contribution in [2.45, 2.75) is 26.7 Å². The number of benzene rings is 1. The van der Waals surface area contributed by atoms with Crippen molar-refractivity contribution in [2.24, 2.45) is 5.92 Å². The molecule has 0 spiro atoms. The van der Waals surface area contributed by atoms with E-state index in [4.69, 9.17) is 4.74 Å². The molecule has 2 nitrogen and oxygen atoms in total. The summed E-state index contributed by atoms with van der Waals surface area (Å²) in [4.78, 5) is 11.7. The average Bonchev–Trinajstić information content (AvgIpc) is 2.30. The summed E-state index contributed by atoms with van der Waals surface area (Å²) >= 11 is 0. The third-order valence-electron chi connectivity index (χ3n) is 2.26. The van der Waals surface area contributed by atoms with Crippen molar-refractivity contribution in [1.82, 2.24) is 0 Å². The summed E-state index contributed by atoms with van der Waals surface area (Å²) in [7, 11) is 0. The van der Waals surface area contributed by atoms with Crippen molar-refractivity contribution >= 4 is 5.97 Å². The molecule has 0 aliphatic heterocycles. The molecule has 0 saturated carbocycles. The Morgan fingerprint density at radius 1 is 1.31 bits per heavy atom. The second-order valence-electron chi connectivity index (χ2n) is 3.75. The van der Waals surface area contributed by atoms with E-state index in [1.165, 1.54) is 0 Å². The zero-order chi connectivity index (χ0) is 11.8. The highest BCUT2D eigenvalue weighted by Crippen LogP contribution is 2.13. The molecule has 0 amide bonds. The van der Waals surface area contributed by atoms with E-state index < -0.39 is 0 Å². The molecule has 0 aliphatic rings. The topological polar surface area (TPSA) is 26.3 Å². The van der Waals surface area contributed by atoms with E-state index in [9.17, 15) is 4.79 Å².